The summed E-state index contributed by atoms with van der Waals surface area (Å²) in [6.07, 6.45) is -0.259. The summed E-state index contributed by atoms with van der Waals surface area (Å²) in [6.45, 7) is 5.11. The van der Waals surface area contributed by atoms with E-state index in [0.717, 1.165) is 56.4 Å². The molecule has 1 aliphatic carbocycles. The minimum absolute atomic E-state index is 0.363. The van der Waals surface area contributed by atoms with E-state index in [1.54, 1.807) is 0 Å². The molecule has 0 spiro atoms. The molecule has 6 nitrogen and oxygen atoms in total. The van der Waals surface area contributed by atoms with Crippen molar-refractivity contribution in [2.45, 2.75) is 32.4 Å². The molecule has 2 aliphatic heterocycles. The molecule has 2 aromatic rings. The number of alkyl halides is 3. The van der Waals surface area contributed by atoms with Crippen LogP contribution in [0.2, 0.25) is 0 Å². The Morgan fingerprint density at radius 2 is 1.68 bits per heavy atom. The lowest BCUT2D eigenvalue weighted by Gasteiger charge is -2.25. The lowest BCUT2D eigenvalue weighted by molar-refractivity contribution is -0.141. The molecular formula is C19H21F3N6. The van der Waals surface area contributed by atoms with Crippen LogP contribution in [0.3, 0.4) is 0 Å². The van der Waals surface area contributed by atoms with E-state index in [9.17, 15) is 13.2 Å². The Kier molecular flexibility index (Phi) is 3.96. The van der Waals surface area contributed by atoms with E-state index in [2.05, 4.69) is 19.9 Å². The zero-order chi connectivity index (χ0) is 19.5. The smallest absolute Gasteiger partial charge is 0.356 e. The zero-order valence-electron chi connectivity index (χ0n) is 15.6. The van der Waals surface area contributed by atoms with Crippen LogP contribution < -0.4 is 9.80 Å². The Hall–Kier alpha value is -2.45. The molecule has 0 aromatic carbocycles. The lowest BCUT2D eigenvalue weighted by atomic mass is 10.0. The van der Waals surface area contributed by atoms with Gasteiger partial charge in [0.05, 0.1) is 0 Å². The third kappa shape index (κ3) is 2.97. The molecule has 9 heteroatoms. The molecule has 2 aromatic heterocycles. The quantitative estimate of drug-likeness (QED) is 0.786. The molecule has 2 saturated heterocycles. The Balaban J connectivity index is 1.33. The molecule has 2 fully saturated rings. The van der Waals surface area contributed by atoms with Crippen molar-refractivity contribution < 1.29 is 13.2 Å². The van der Waals surface area contributed by atoms with Crippen LogP contribution >= 0.6 is 0 Å². The fourth-order valence-corrected chi connectivity index (χ4v) is 4.82. The van der Waals surface area contributed by atoms with Crippen LogP contribution in [0, 0.1) is 18.8 Å². The van der Waals surface area contributed by atoms with E-state index in [1.807, 2.05) is 11.8 Å². The number of hydrogen-bond donors (Lipinski definition) is 0. The minimum Gasteiger partial charge on any atom is -0.356 e. The van der Waals surface area contributed by atoms with Crippen molar-refractivity contribution >= 4 is 11.6 Å². The number of hydrogen-bond acceptors (Lipinski definition) is 6. The van der Waals surface area contributed by atoms with E-state index in [1.165, 1.54) is 11.3 Å². The molecule has 0 bridgehead atoms. The van der Waals surface area contributed by atoms with Gasteiger partial charge in [0.15, 0.2) is 0 Å². The van der Waals surface area contributed by atoms with Gasteiger partial charge in [0.1, 0.15) is 29.5 Å². The van der Waals surface area contributed by atoms with Gasteiger partial charge in [-0.05, 0) is 26.2 Å². The second kappa shape index (κ2) is 6.28. The van der Waals surface area contributed by atoms with Gasteiger partial charge in [0, 0.05) is 55.3 Å². The predicted octanol–water partition coefficient (Wildman–Crippen LogP) is 2.66. The van der Waals surface area contributed by atoms with Crippen molar-refractivity contribution in [3.8, 4) is 0 Å². The number of halogens is 3. The van der Waals surface area contributed by atoms with Crippen molar-refractivity contribution in [3.05, 3.63) is 35.2 Å². The summed E-state index contributed by atoms with van der Waals surface area (Å²) in [5, 5.41) is 0. The largest absolute Gasteiger partial charge is 0.433 e. The number of aryl methyl sites for hydroxylation is 2. The SMILES string of the molecule is Cc1nc2c(c(N3CC4CN(c5cc(C(F)(F)F)ncn5)CC4C3)n1)CCC2. The van der Waals surface area contributed by atoms with E-state index in [4.69, 9.17) is 4.98 Å². The second-order valence-electron chi connectivity index (χ2n) is 7.96. The summed E-state index contributed by atoms with van der Waals surface area (Å²) in [5.74, 6) is 3.05. The van der Waals surface area contributed by atoms with Crippen LogP contribution in [0.15, 0.2) is 12.4 Å². The van der Waals surface area contributed by atoms with E-state index >= 15 is 0 Å². The van der Waals surface area contributed by atoms with Crippen LogP contribution in [0.4, 0.5) is 24.8 Å². The fraction of sp³-hybridized carbons (Fsp3) is 0.579. The maximum absolute atomic E-state index is 12.9. The van der Waals surface area contributed by atoms with Gasteiger partial charge in [0.2, 0.25) is 0 Å². The third-order valence-corrected chi connectivity index (χ3v) is 6.08. The summed E-state index contributed by atoms with van der Waals surface area (Å²) in [5.41, 5.74) is 1.58. The molecule has 3 aliphatic rings. The highest BCUT2D eigenvalue weighted by Crippen LogP contribution is 2.38. The van der Waals surface area contributed by atoms with Gasteiger partial charge in [-0.2, -0.15) is 13.2 Å². The Labute approximate surface area is 160 Å². The highest BCUT2D eigenvalue weighted by atomic mass is 19.4. The first-order chi connectivity index (χ1) is 13.4. The number of nitrogens with zero attached hydrogens (tertiary/aromatic N) is 6. The Morgan fingerprint density at radius 1 is 0.964 bits per heavy atom. The first-order valence-corrected chi connectivity index (χ1v) is 9.64. The molecule has 28 heavy (non-hydrogen) atoms. The van der Waals surface area contributed by atoms with Crippen molar-refractivity contribution in [2.24, 2.45) is 11.8 Å². The zero-order valence-corrected chi connectivity index (χ0v) is 15.6. The van der Waals surface area contributed by atoms with Crippen molar-refractivity contribution in [2.75, 3.05) is 36.0 Å². The van der Waals surface area contributed by atoms with Gasteiger partial charge in [-0.25, -0.2) is 19.9 Å². The summed E-state index contributed by atoms with van der Waals surface area (Å²) in [7, 11) is 0. The maximum atomic E-state index is 12.9. The van der Waals surface area contributed by atoms with E-state index in [0.29, 0.717) is 30.7 Å². The van der Waals surface area contributed by atoms with Crippen molar-refractivity contribution in [1.29, 1.82) is 0 Å². The highest BCUT2D eigenvalue weighted by molar-refractivity contribution is 5.53. The Morgan fingerprint density at radius 3 is 2.39 bits per heavy atom. The van der Waals surface area contributed by atoms with Crippen LogP contribution in [-0.4, -0.2) is 46.1 Å². The molecule has 0 radical (unpaired) electrons. The standard InChI is InChI=1S/C19H21F3N6/c1-11-25-15-4-2-3-14(15)18(26-11)28-8-12-6-27(7-13(12)9-28)17-5-16(19(20,21)22)23-10-24-17/h5,10,12-13H,2-4,6-9H2,1H3. The number of aromatic nitrogens is 4. The Bertz CT molecular complexity index is 901. The summed E-state index contributed by atoms with van der Waals surface area (Å²) < 4.78 is 38.8. The molecule has 2 unspecified atom stereocenters. The topological polar surface area (TPSA) is 58.0 Å². The van der Waals surface area contributed by atoms with Crippen molar-refractivity contribution in [3.63, 3.8) is 0 Å². The molecular weight excluding hydrogens is 369 g/mol. The number of fused-ring (bicyclic) bond motifs is 2. The van der Waals surface area contributed by atoms with Crippen LogP contribution in [0.5, 0.6) is 0 Å². The van der Waals surface area contributed by atoms with E-state index in [-0.39, 0.29) is 0 Å². The van der Waals surface area contributed by atoms with Gasteiger partial charge in [-0.1, -0.05) is 0 Å². The molecule has 2 atom stereocenters. The average molecular weight is 390 g/mol. The van der Waals surface area contributed by atoms with Crippen LogP contribution in [0.25, 0.3) is 0 Å². The van der Waals surface area contributed by atoms with Crippen LogP contribution in [-0.2, 0) is 19.0 Å². The normalized spacial score (nSPS) is 24.0. The molecule has 148 valence electrons. The minimum atomic E-state index is -4.45. The van der Waals surface area contributed by atoms with Gasteiger partial charge in [-0.15, -0.1) is 0 Å². The molecule has 4 heterocycles. The van der Waals surface area contributed by atoms with Crippen LogP contribution in [0.1, 0.15) is 29.2 Å². The lowest BCUT2D eigenvalue weighted by Crippen LogP contribution is -2.30. The highest BCUT2D eigenvalue weighted by Gasteiger charge is 2.42. The van der Waals surface area contributed by atoms with Gasteiger partial charge >= 0.3 is 6.18 Å². The van der Waals surface area contributed by atoms with Crippen molar-refractivity contribution in [1.82, 2.24) is 19.9 Å². The molecule has 5 rings (SSSR count). The predicted molar refractivity (Wildman–Crippen MR) is 97.2 cm³/mol. The average Bonchev–Trinajstić information content (AvgIpc) is 3.34. The molecule has 0 saturated carbocycles. The fourth-order valence-electron chi connectivity index (χ4n) is 4.82. The third-order valence-electron chi connectivity index (χ3n) is 6.08. The summed E-state index contributed by atoms with van der Waals surface area (Å²) in [4.78, 5) is 21.1. The summed E-state index contributed by atoms with van der Waals surface area (Å²) >= 11 is 0. The number of rotatable bonds is 2. The first kappa shape index (κ1) is 17.6. The molecule has 0 N–H and O–H groups in total. The monoisotopic (exact) mass is 390 g/mol. The maximum Gasteiger partial charge on any atom is 0.433 e. The number of anilines is 2. The first-order valence-electron chi connectivity index (χ1n) is 9.64. The second-order valence-corrected chi connectivity index (χ2v) is 7.96. The summed E-state index contributed by atoms with van der Waals surface area (Å²) in [6, 6.07) is 1.06. The molecule has 0 amide bonds. The van der Waals surface area contributed by atoms with Gasteiger partial charge < -0.3 is 9.80 Å². The van der Waals surface area contributed by atoms with Gasteiger partial charge in [-0.3, -0.25) is 0 Å². The van der Waals surface area contributed by atoms with E-state index < -0.39 is 11.9 Å². The van der Waals surface area contributed by atoms with Gasteiger partial charge in [0.25, 0.3) is 0 Å².